The third-order valence-electron chi connectivity index (χ3n) is 4.18. The maximum absolute atomic E-state index is 6.22. The van der Waals surface area contributed by atoms with E-state index in [-0.39, 0.29) is 0 Å². The number of aromatic nitrogens is 3. The molecule has 3 aromatic heterocycles. The Labute approximate surface area is 119 Å². The van der Waals surface area contributed by atoms with Gasteiger partial charge in [-0.2, -0.15) is 0 Å². The summed E-state index contributed by atoms with van der Waals surface area (Å²) in [6, 6.07) is 16.5. The largest absolute Gasteiger partial charge is 0.354 e. The van der Waals surface area contributed by atoms with Gasteiger partial charge in [0.1, 0.15) is 0 Å². The lowest BCUT2D eigenvalue weighted by atomic mass is 10.1. The molecule has 21 heavy (non-hydrogen) atoms. The smallest absolute Gasteiger partial charge is 0.0980 e. The van der Waals surface area contributed by atoms with E-state index in [0.29, 0.717) is 0 Å². The minimum absolute atomic E-state index is 0.946. The lowest BCUT2D eigenvalue weighted by molar-refractivity contribution is 1.12. The number of hydrogen-bond donors (Lipinski definition) is 2. The van der Waals surface area contributed by atoms with E-state index in [0.717, 1.165) is 33.0 Å². The van der Waals surface area contributed by atoms with Gasteiger partial charge in [0.2, 0.25) is 0 Å². The zero-order valence-electron chi connectivity index (χ0n) is 11.2. The van der Waals surface area contributed by atoms with Crippen LogP contribution in [0.15, 0.2) is 54.7 Å². The van der Waals surface area contributed by atoms with Crippen molar-refractivity contribution < 1.29 is 0 Å². The standard InChI is InChI=1S/C17H12N4/c18-21-15-6-3-7-19-17(15)12-8-11-10-4-1-2-5-13(10)20-14(11)9-16(12)21/h1-9,20H,18H2. The zero-order valence-corrected chi connectivity index (χ0v) is 11.2. The third kappa shape index (κ3) is 1.26. The van der Waals surface area contributed by atoms with E-state index in [4.69, 9.17) is 5.84 Å². The van der Waals surface area contributed by atoms with Gasteiger partial charge in [-0.15, -0.1) is 0 Å². The number of nitrogens with one attached hydrogen (secondary N) is 1. The molecule has 100 valence electrons. The van der Waals surface area contributed by atoms with Crippen LogP contribution in [0.1, 0.15) is 0 Å². The number of pyridine rings is 1. The van der Waals surface area contributed by atoms with E-state index in [2.05, 4.69) is 40.3 Å². The topological polar surface area (TPSA) is 59.6 Å². The molecule has 0 saturated carbocycles. The van der Waals surface area contributed by atoms with Crippen LogP contribution in [0.3, 0.4) is 0 Å². The maximum Gasteiger partial charge on any atom is 0.0980 e. The number of rotatable bonds is 0. The Balaban J connectivity index is 2.08. The molecule has 0 amide bonds. The molecule has 4 nitrogen and oxygen atoms in total. The number of para-hydroxylation sites is 1. The van der Waals surface area contributed by atoms with Crippen LogP contribution < -0.4 is 5.84 Å². The number of benzene rings is 2. The first-order valence-corrected chi connectivity index (χ1v) is 6.87. The Morgan fingerprint density at radius 2 is 1.76 bits per heavy atom. The second-order valence-electron chi connectivity index (χ2n) is 5.33. The first-order valence-electron chi connectivity index (χ1n) is 6.87. The summed E-state index contributed by atoms with van der Waals surface area (Å²) < 4.78 is 1.71. The summed E-state index contributed by atoms with van der Waals surface area (Å²) in [4.78, 5) is 7.94. The van der Waals surface area contributed by atoms with E-state index in [9.17, 15) is 0 Å². The summed E-state index contributed by atoms with van der Waals surface area (Å²) in [7, 11) is 0. The first kappa shape index (κ1) is 10.7. The minimum atomic E-state index is 0.946. The highest BCUT2D eigenvalue weighted by atomic mass is 15.3. The van der Waals surface area contributed by atoms with Crippen molar-refractivity contribution >= 4 is 43.7 Å². The zero-order chi connectivity index (χ0) is 14.0. The van der Waals surface area contributed by atoms with Gasteiger partial charge in [-0.3, -0.25) is 9.66 Å². The highest BCUT2D eigenvalue weighted by molar-refractivity contribution is 6.16. The van der Waals surface area contributed by atoms with Gasteiger partial charge in [-0.25, -0.2) is 0 Å². The Kier molecular flexibility index (Phi) is 1.81. The number of nitrogen functional groups attached to an aromatic ring is 1. The molecule has 0 atom stereocenters. The molecule has 0 fully saturated rings. The van der Waals surface area contributed by atoms with Gasteiger partial charge in [0.05, 0.1) is 16.6 Å². The number of H-pyrrole nitrogens is 1. The minimum Gasteiger partial charge on any atom is -0.354 e. The highest BCUT2D eigenvalue weighted by Crippen LogP contribution is 2.33. The predicted molar refractivity (Wildman–Crippen MR) is 86.8 cm³/mol. The summed E-state index contributed by atoms with van der Waals surface area (Å²) in [5, 5.41) is 3.52. The van der Waals surface area contributed by atoms with E-state index in [1.165, 1.54) is 10.8 Å². The van der Waals surface area contributed by atoms with E-state index < -0.39 is 0 Å². The fourth-order valence-electron chi connectivity index (χ4n) is 3.20. The van der Waals surface area contributed by atoms with Gasteiger partial charge >= 0.3 is 0 Å². The normalized spacial score (nSPS) is 12.0. The van der Waals surface area contributed by atoms with Gasteiger partial charge in [0.25, 0.3) is 0 Å². The average Bonchev–Trinajstić information content (AvgIpc) is 3.02. The molecule has 0 aliphatic rings. The monoisotopic (exact) mass is 272 g/mol. The molecule has 3 N–H and O–H groups in total. The van der Waals surface area contributed by atoms with Crippen molar-refractivity contribution in [1.29, 1.82) is 0 Å². The number of hydrogen-bond acceptors (Lipinski definition) is 2. The van der Waals surface area contributed by atoms with Crippen LogP contribution in [0, 0.1) is 0 Å². The predicted octanol–water partition coefficient (Wildman–Crippen LogP) is 3.54. The van der Waals surface area contributed by atoms with E-state index >= 15 is 0 Å². The molecule has 5 rings (SSSR count). The van der Waals surface area contributed by atoms with Crippen LogP contribution in [0.25, 0.3) is 43.7 Å². The Hall–Kier alpha value is -3.01. The van der Waals surface area contributed by atoms with E-state index in [1.54, 1.807) is 10.9 Å². The molecule has 0 aliphatic heterocycles. The van der Waals surface area contributed by atoms with Crippen molar-refractivity contribution in [2.45, 2.75) is 0 Å². The van der Waals surface area contributed by atoms with Crippen molar-refractivity contribution in [2.24, 2.45) is 0 Å². The van der Waals surface area contributed by atoms with Crippen LogP contribution in [0.5, 0.6) is 0 Å². The average molecular weight is 272 g/mol. The molecule has 0 saturated heterocycles. The first-order chi connectivity index (χ1) is 10.3. The summed E-state index contributed by atoms with van der Waals surface area (Å²) >= 11 is 0. The van der Waals surface area contributed by atoms with Gasteiger partial charge < -0.3 is 10.8 Å². The Bertz CT molecular complexity index is 1150. The lowest BCUT2D eigenvalue weighted by Gasteiger charge is -1.97. The maximum atomic E-state index is 6.22. The molecular formula is C17H12N4. The summed E-state index contributed by atoms with van der Waals surface area (Å²) in [6.45, 7) is 0. The quantitative estimate of drug-likeness (QED) is 0.424. The van der Waals surface area contributed by atoms with Gasteiger partial charge in [0.15, 0.2) is 0 Å². The Morgan fingerprint density at radius 1 is 0.857 bits per heavy atom. The molecular weight excluding hydrogens is 260 g/mol. The third-order valence-corrected chi connectivity index (χ3v) is 4.18. The molecule has 0 unspecified atom stereocenters. The van der Waals surface area contributed by atoms with Crippen molar-refractivity contribution in [1.82, 2.24) is 14.6 Å². The number of fused-ring (bicyclic) bond motifs is 6. The van der Waals surface area contributed by atoms with Gasteiger partial charge in [-0.05, 0) is 30.3 Å². The highest BCUT2D eigenvalue weighted by Gasteiger charge is 2.12. The van der Waals surface area contributed by atoms with Crippen molar-refractivity contribution in [3.05, 3.63) is 54.7 Å². The molecule has 0 radical (unpaired) electrons. The fraction of sp³-hybridized carbons (Fsp3) is 0. The van der Waals surface area contributed by atoms with Crippen LogP contribution >= 0.6 is 0 Å². The number of nitrogens with two attached hydrogens (primary N) is 1. The van der Waals surface area contributed by atoms with Crippen LogP contribution in [0.4, 0.5) is 0 Å². The summed E-state index contributed by atoms with van der Waals surface area (Å²) in [5.41, 5.74) is 5.12. The van der Waals surface area contributed by atoms with Gasteiger partial charge in [0, 0.05) is 33.4 Å². The molecule has 0 spiro atoms. The molecule has 2 aromatic carbocycles. The van der Waals surface area contributed by atoms with Crippen molar-refractivity contribution in [3.63, 3.8) is 0 Å². The number of nitrogens with zero attached hydrogens (tertiary/aromatic N) is 2. The molecule has 0 bridgehead atoms. The van der Waals surface area contributed by atoms with Crippen LogP contribution in [-0.2, 0) is 0 Å². The summed E-state index contributed by atoms with van der Waals surface area (Å²) in [5.74, 6) is 6.22. The molecule has 5 aromatic rings. The molecule has 4 heteroatoms. The fourth-order valence-corrected chi connectivity index (χ4v) is 3.20. The molecule has 3 heterocycles. The second kappa shape index (κ2) is 3.55. The lowest BCUT2D eigenvalue weighted by Crippen LogP contribution is -2.06. The number of aromatic amines is 1. The van der Waals surface area contributed by atoms with Gasteiger partial charge in [-0.1, -0.05) is 18.2 Å². The van der Waals surface area contributed by atoms with Crippen molar-refractivity contribution in [2.75, 3.05) is 5.84 Å². The summed E-state index contributed by atoms with van der Waals surface area (Å²) in [6.07, 6.45) is 1.81. The van der Waals surface area contributed by atoms with Crippen LogP contribution in [-0.4, -0.2) is 14.6 Å². The Morgan fingerprint density at radius 3 is 2.71 bits per heavy atom. The second-order valence-corrected chi connectivity index (χ2v) is 5.33. The van der Waals surface area contributed by atoms with E-state index in [1.807, 2.05) is 18.2 Å². The molecule has 0 aliphatic carbocycles. The van der Waals surface area contributed by atoms with Crippen LogP contribution in [0.2, 0.25) is 0 Å². The van der Waals surface area contributed by atoms with Crippen molar-refractivity contribution in [3.8, 4) is 0 Å². The SMILES string of the molecule is Nn1c2cc3[nH]c4ccccc4c3cc2c2ncccc21.